The van der Waals surface area contributed by atoms with E-state index >= 15 is 0 Å². The Morgan fingerprint density at radius 1 is 1.23 bits per heavy atom. The van der Waals surface area contributed by atoms with Crippen molar-refractivity contribution >= 4 is 35.6 Å². The number of aliphatic imine (C=N–C) groups is 1. The zero-order valence-electron chi connectivity index (χ0n) is 17.8. The van der Waals surface area contributed by atoms with Gasteiger partial charge < -0.3 is 25.4 Å². The molecule has 2 aromatic rings. The lowest BCUT2D eigenvalue weighted by molar-refractivity contribution is 0.373. The summed E-state index contributed by atoms with van der Waals surface area (Å²) in [4.78, 5) is 7.19. The van der Waals surface area contributed by atoms with Crippen molar-refractivity contribution in [1.82, 2.24) is 10.6 Å². The van der Waals surface area contributed by atoms with Gasteiger partial charge in [0.25, 0.3) is 0 Å². The smallest absolute Gasteiger partial charge is 0.191 e. The van der Waals surface area contributed by atoms with Crippen LogP contribution in [-0.4, -0.2) is 50.4 Å². The van der Waals surface area contributed by atoms with Crippen LogP contribution in [0.5, 0.6) is 11.5 Å². The molecule has 0 aromatic heterocycles. The van der Waals surface area contributed by atoms with Gasteiger partial charge in [0.15, 0.2) is 17.5 Å². The van der Waals surface area contributed by atoms with Gasteiger partial charge in [0.1, 0.15) is 0 Å². The summed E-state index contributed by atoms with van der Waals surface area (Å²) in [6.45, 7) is 5.65. The minimum atomic E-state index is 0. The van der Waals surface area contributed by atoms with Crippen LogP contribution in [0.2, 0.25) is 0 Å². The predicted molar refractivity (Wildman–Crippen MR) is 135 cm³/mol. The van der Waals surface area contributed by atoms with Crippen LogP contribution >= 0.6 is 24.0 Å². The Kier molecular flexibility index (Phi) is 10.1. The molecule has 2 aromatic carbocycles. The fourth-order valence-corrected chi connectivity index (χ4v) is 3.66. The van der Waals surface area contributed by atoms with Crippen LogP contribution in [0.25, 0.3) is 0 Å². The first kappa shape index (κ1) is 24.1. The number of guanidine groups is 1. The second-order valence-corrected chi connectivity index (χ2v) is 7.28. The van der Waals surface area contributed by atoms with Gasteiger partial charge in [-0.25, -0.2) is 0 Å². The standard InChI is InChI=1S/C23H32N4O2.HI/c1-3-24-23(25-14-13-18-11-12-21(28)22(16-18)29-2)26-19-8-7-15-27(17-19)20-9-5-4-6-10-20;/h4-6,9-12,16,19,28H,3,7-8,13-15,17H2,1-2H3,(H2,24,25,26);1H. The first-order valence-electron chi connectivity index (χ1n) is 10.4. The van der Waals surface area contributed by atoms with E-state index in [1.54, 1.807) is 13.2 Å². The van der Waals surface area contributed by atoms with Crippen molar-refractivity contribution in [3.05, 3.63) is 54.1 Å². The summed E-state index contributed by atoms with van der Waals surface area (Å²) in [6.07, 6.45) is 3.09. The predicted octanol–water partition coefficient (Wildman–Crippen LogP) is 3.79. The van der Waals surface area contributed by atoms with Crippen LogP contribution in [0.15, 0.2) is 53.5 Å². The number of rotatable bonds is 7. The van der Waals surface area contributed by atoms with Crippen LogP contribution in [0.1, 0.15) is 25.3 Å². The molecule has 0 saturated carbocycles. The molecular weight excluding hydrogens is 491 g/mol. The summed E-state index contributed by atoms with van der Waals surface area (Å²) >= 11 is 0. The zero-order valence-corrected chi connectivity index (χ0v) is 20.1. The van der Waals surface area contributed by atoms with Crippen LogP contribution in [0.3, 0.4) is 0 Å². The van der Waals surface area contributed by atoms with E-state index in [-0.39, 0.29) is 29.7 Å². The Balaban J connectivity index is 0.00000320. The number of phenols is 1. The fourth-order valence-electron chi connectivity index (χ4n) is 3.66. The topological polar surface area (TPSA) is 69.1 Å². The Bertz CT molecular complexity index is 801. The summed E-state index contributed by atoms with van der Waals surface area (Å²) in [6, 6.07) is 16.4. The van der Waals surface area contributed by atoms with Gasteiger partial charge in [0.05, 0.1) is 7.11 Å². The Labute approximate surface area is 196 Å². The summed E-state index contributed by atoms with van der Waals surface area (Å²) in [5, 5.41) is 16.7. The highest BCUT2D eigenvalue weighted by Crippen LogP contribution is 2.26. The number of benzene rings is 2. The number of anilines is 1. The third kappa shape index (κ3) is 6.97. The van der Waals surface area contributed by atoms with E-state index in [1.165, 1.54) is 12.1 Å². The second kappa shape index (κ2) is 12.5. The first-order valence-corrected chi connectivity index (χ1v) is 10.4. The summed E-state index contributed by atoms with van der Waals surface area (Å²) in [7, 11) is 1.56. The van der Waals surface area contributed by atoms with Crippen molar-refractivity contribution in [2.24, 2.45) is 4.99 Å². The highest BCUT2D eigenvalue weighted by molar-refractivity contribution is 14.0. The molecule has 164 valence electrons. The van der Waals surface area contributed by atoms with Crippen molar-refractivity contribution in [2.45, 2.75) is 32.2 Å². The summed E-state index contributed by atoms with van der Waals surface area (Å²) < 4.78 is 5.18. The average molecular weight is 524 g/mol. The maximum atomic E-state index is 9.73. The van der Waals surface area contributed by atoms with Crippen molar-refractivity contribution in [3.63, 3.8) is 0 Å². The Morgan fingerprint density at radius 3 is 2.77 bits per heavy atom. The molecule has 3 rings (SSSR count). The molecule has 0 aliphatic carbocycles. The van der Waals surface area contributed by atoms with E-state index in [0.29, 0.717) is 18.3 Å². The molecule has 30 heavy (non-hydrogen) atoms. The number of piperidine rings is 1. The normalized spacial score (nSPS) is 16.5. The molecule has 1 fully saturated rings. The lowest BCUT2D eigenvalue weighted by Crippen LogP contribution is -2.51. The largest absolute Gasteiger partial charge is 0.504 e. The van der Waals surface area contributed by atoms with Crippen LogP contribution in [0.4, 0.5) is 5.69 Å². The van der Waals surface area contributed by atoms with Gasteiger partial charge in [-0.15, -0.1) is 24.0 Å². The Morgan fingerprint density at radius 2 is 2.03 bits per heavy atom. The number of para-hydroxylation sites is 1. The number of ether oxygens (including phenoxy) is 1. The molecular formula is C23H33IN4O2. The van der Waals surface area contributed by atoms with Crippen molar-refractivity contribution in [1.29, 1.82) is 0 Å². The van der Waals surface area contributed by atoms with E-state index in [9.17, 15) is 5.11 Å². The molecule has 6 nitrogen and oxygen atoms in total. The van der Waals surface area contributed by atoms with Crippen LogP contribution in [-0.2, 0) is 6.42 Å². The van der Waals surface area contributed by atoms with Crippen molar-refractivity contribution < 1.29 is 9.84 Å². The zero-order chi connectivity index (χ0) is 20.5. The van der Waals surface area contributed by atoms with Gasteiger partial charge in [-0.2, -0.15) is 0 Å². The molecule has 7 heteroatoms. The van der Waals surface area contributed by atoms with Crippen LogP contribution in [0, 0.1) is 0 Å². The molecule has 1 atom stereocenters. The molecule has 1 unspecified atom stereocenters. The molecule has 1 aliphatic heterocycles. The molecule has 0 radical (unpaired) electrons. The molecule has 1 saturated heterocycles. The maximum Gasteiger partial charge on any atom is 0.191 e. The number of nitrogens with one attached hydrogen (secondary N) is 2. The number of hydrogen-bond acceptors (Lipinski definition) is 4. The quantitative estimate of drug-likeness (QED) is 0.292. The number of hydrogen-bond donors (Lipinski definition) is 3. The highest BCUT2D eigenvalue weighted by atomic mass is 127. The highest BCUT2D eigenvalue weighted by Gasteiger charge is 2.20. The molecule has 0 bridgehead atoms. The molecule has 0 spiro atoms. The number of phenolic OH excluding ortho intramolecular Hbond substituents is 1. The van der Waals surface area contributed by atoms with E-state index < -0.39 is 0 Å². The van der Waals surface area contributed by atoms with E-state index in [4.69, 9.17) is 9.73 Å². The van der Waals surface area contributed by atoms with E-state index in [2.05, 4.69) is 52.8 Å². The molecule has 0 amide bonds. The van der Waals surface area contributed by atoms with Gasteiger partial charge in [-0.1, -0.05) is 24.3 Å². The second-order valence-electron chi connectivity index (χ2n) is 7.28. The van der Waals surface area contributed by atoms with Gasteiger partial charge in [0.2, 0.25) is 0 Å². The van der Waals surface area contributed by atoms with Gasteiger partial charge >= 0.3 is 0 Å². The minimum Gasteiger partial charge on any atom is -0.504 e. The summed E-state index contributed by atoms with van der Waals surface area (Å²) in [5.74, 6) is 1.52. The molecule has 3 N–H and O–H groups in total. The van der Waals surface area contributed by atoms with E-state index in [0.717, 1.165) is 44.0 Å². The lowest BCUT2D eigenvalue weighted by atomic mass is 10.1. The van der Waals surface area contributed by atoms with Gasteiger partial charge in [0, 0.05) is 37.9 Å². The van der Waals surface area contributed by atoms with E-state index in [1.807, 2.05) is 12.1 Å². The van der Waals surface area contributed by atoms with Gasteiger partial charge in [-0.05, 0) is 56.0 Å². The first-order chi connectivity index (χ1) is 14.2. The third-order valence-corrected chi connectivity index (χ3v) is 5.14. The van der Waals surface area contributed by atoms with Crippen LogP contribution < -0.4 is 20.3 Å². The molecule has 1 heterocycles. The maximum absolute atomic E-state index is 9.73. The third-order valence-electron chi connectivity index (χ3n) is 5.14. The summed E-state index contributed by atoms with van der Waals surface area (Å²) in [5.41, 5.74) is 2.37. The fraction of sp³-hybridized carbons (Fsp3) is 0.435. The number of halogens is 1. The van der Waals surface area contributed by atoms with Crippen molar-refractivity contribution in [2.75, 3.05) is 38.2 Å². The number of nitrogens with zero attached hydrogens (tertiary/aromatic N) is 2. The SMILES string of the molecule is CCNC(=NCCc1ccc(O)c(OC)c1)NC1CCCN(c2ccccc2)C1.I. The molecule has 1 aliphatic rings. The average Bonchev–Trinajstić information content (AvgIpc) is 2.76. The monoisotopic (exact) mass is 524 g/mol. The van der Waals surface area contributed by atoms with Crippen molar-refractivity contribution in [3.8, 4) is 11.5 Å². The van der Waals surface area contributed by atoms with Gasteiger partial charge in [-0.3, -0.25) is 4.99 Å². The number of aromatic hydroxyl groups is 1. The number of methoxy groups -OCH3 is 1. The Hall–Kier alpha value is -2.16. The minimum absolute atomic E-state index is 0. The lowest BCUT2D eigenvalue weighted by Gasteiger charge is -2.35.